The van der Waals surface area contributed by atoms with Crippen LogP contribution in [0.3, 0.4) is 0 Å². The molecule has 0 unspecified atom stereocenters. The van der Waals surface area contributed by atoms with Crippen molar-refractivity contribution >= 4 is 23.5 Å². The van der Waals surface area contributed by atoms with E-state index in [0.29, 0.717) is 34.9 Å². The van der Waals surface area contributed by atoms with Crippen LogP contribution in [-0.2, 0) is 22.3 Å². The Morgan fingerprint density at radius 2 is 1.67 bits per heavy atom. The van der Waals surface area contributed by atoms with Gasteiger partial charge < -0.3 is 10.2 Å². The van der Waals surface area contributed by atoms with E-state index in [9.17, 15) is 31.9 Å². The van der Waals surface area contributed by atoms with Crippen molar-refractivity contribution in [2.24, 2.45) is 0 Å². The van der Waals surface area contributed by atoms with E-state index in [1.807, 2.05) is 42.3 Å². The van der Waals surface area contributed by atoms with Crippen LogP contribution in [-0.4, -0.2) is 77.6 Å². The molecule has 1 aromatic heterocycles. The first-order valence-corrected chi connectivity index (χ1v) is 15.6. The van der Waals surface area contributed by atoms with E-state index < -0.39 is 41.3 Å². The molecule has 9 nitrogen and oxygen atoms in total. The summed E-state index contributed by atoms with van der Waals surface area (Å²) in [6.45, 7) is 2.58. The van der Waals surface area contributed by atoms with Crippen molar-refractivity contribution in [3.63, 3.8) is 0 Å². The molecule has 0 radical (unpaired) electrons. The molecule has 256 valence electrons. The molecule has 0 fully saturated rings. The first-order chi connectivity index (χ1) is 23.3. The second-order valence-electron chi connectivity index (χ2n) is 11.9. The lowest BCUT2D eigenvalue weighted by molar-refractivity contribution is -0.137. The molecule has 1 N–H and O–H groups in total. The molecular formula is C36H36F4N6O3. The lowest BCUT2D eigenvalue weighted by Crippen LogP contribution is -2.55. The molecule has 1 aliphatic rings. The predicted octanol–water partition coefficient (Wildman–Crippen LogP) is 5.40. The molecule has 49 heavy (non-hydrogen) atoms. The van der Waals surface area contributed by atoms with Crippen LogP contribution in [0.1, 0.15) is 45.6 Å². The zero-order valence-electron chi connectivity index (χ0n) is 27.4. The number of nitrogens with zero attached hydrogens (tertiary/aromatic N) is 5. The zero-order chi connectivity index (χ0) is 35.5. The van der Waals surface area contributed by atoms with Gasteiger partial charge in [-0.15, -0.1) is 0 Å². The summed E-state index contributed by atoms with van der Waals surface area (Å²) in [4.78, 5) is 45.0. The highest BCUT2D eigenvalue weighted by Crippen LogP contribution is 2.44. The van der Waals surface area contributed by atoms with Gasteiger partial charge in [-0.3, -0.25) is 24.2 Å². The highest BCUT2D eigenvalue weighted by Gasteiger charge is 2.46. The van der Waals surface area contributed by atoms with Crippen molar-refractivity contribution in [1.29, 1.82) is 0 Å². The molecular weight excluding hydrogens is 640 g/mol. The van der Waals surface area contributed by atoms with Crippen molar-refractivity contribution in [3.8, 4) is 5.69 Å². The maximum absolute atomic E-state index is 14.4. The van der Waals surface area contributed by atoms with E-state index in [-0.39, 0.29) is 24.6 Å². The molecule has 0 saturated carbocycles. The van der Waals surface area contributed by atoms with E-state index in [4.69, 9.17) is 5.10 Å². The number of para-hydroxylation sites is 1. The summed E-state index contributed by atoms with van der Waals surface area (Å²) < 4.78 is 56.4. The van der Waals surface area contributed by atoms with E-state index in [1.54, 1.807) is 31.8 Å². The highest BCUT2D eigenvalue weighted by molar-refractivity contribution is 6.05. The topological polar surface area (TPSA) is 90.8 Å². The minimum absolute atomic E-state index is 0.174. The lowest BCUT2D eigenvalue weighted by atomic mass is 9.80. The molecule has 0 bridgehead atoms. The number of fused-ring (bicyclic) bond motifs is 1. The molecule has 0 spiro atoms. The van der Waals surface area contributed by atoms with Gasteiger partial charge in [-0.05, 0) is 62.0 Å². The van der Waals surface area contributed by atoms with Crippen molar-refractivity contribution in [1.82, 2.24) is 24.9 Å². The number of alkyl halides is 3. The van der Waals surface area contributed by atoms with Gasteiger partial charge in [0.25, 0.3) is 11.8 Å². The van der Waals surface area contributed by atoms with Crippen LogP contribution < -0.4 is 10.2 Å². The first kappa shape index (κ1) is 35.0. The quantitative estimate of drug-likeness (QED) is 0.180. The smallest absolute Gasteiger partial charge is 0.345 e. The number of nitrogens with one attached hydrogen (secondary N) is 1. The van der Waals surface area contributed by atoms with E-state index in [1.165, 1.54) is 46.2 Å². The summed E-state index contributed by atoms with van der Waals surface area (Å²) in [5.74, 6) is -2.50. The largest absolute Gasteiger partial charge is 0.416 e. The second kappa shape index (κ2) is 14.4. The molecule has 2 heterocycles. The number of carbonyl (C=O) groups is 3. The fourth-order valence-electron chi connectivity index (χ4n) is 5.83. The van der Waals surface area contributed by atoms with Gasteiger partial charge >= 0.3 is 6.18 Å². The van der Waals surface area contributed by atoms with E-state index in [0.717, 1.165) is 18.2 Å². The number of likely N-dealkylation sites (N-methyl/N-ethyl adjacent to an activating group) is 3. The van der Waals surface area contributed by atoms with E-state index in [2.05, 4.69) is 5.32 Å². The molecule has 0 saturated heterocycles. The molecule has 1 aliphatic heterocycles. The maximum Gasteiger partial charge on any atom is 0.416 e. The average molecular weight is 677 g/mol. The summed E-state index contributed by atoms with van der Waals surface area (Å²) in [5.41, 5.74) is 1.03. The van der Waals surface area contributed by atoms with E-state index >= 15 is 0 Å². The van der Waals surface area contributed by atoms with Gasteiger partial charge in [0.1, 0.15) is 17.7 Å². The Morgan fingerprint density at radius 3 is 2.31 bits per heavy atom. The predicted molar refractivity (Wildman–Crippen MR) is 177 cm³/mol. The Hall–Kier alpha value is -5.30. The third kappa shape index (κ3) is 7.56. The molecule has 13 heteroatoms. The number of rotatable bonds is 10. The minimum Gasteiger partial charge on any atom is -0.345 e. The molecule has 5 rings (SSSR count). The summed E-state index contributed by atoms with van der Waals surface area (Å²) in [5, 5.41) is 7.70. The lowest BCUT2D eigenvalue weighted by Gasteiger charge is -2.38. The van der Waals surface area contributed by atoms with Crippen molar-refractivity contribution in [3.05, 3.63) is 125 Å². The monoisotopic (exact) mass is 676 g/mol. The fourth-order valence-corrected chi connectivity index (χ4v) is 5.83. The van der Waals surface area contributed by atoms with Crippen LogP contribution in [0.4, 0.5) is 23.4 Å². The van der Waals surface area contributed by atoms with Crippen LogP contribution in [0, 0.1) is 5.82 Å². The van der Waals surface area contributed by atoms with Gasteiger partial charge in [0, 0.05) is 56.9 Å². The fraction of sp³-hybridized carbons (Fsp3) is 0.278. The van der Waals surface area contributed by atoms with Gasteiger partial charge in [0.2, 0.25) is 5.91 Å². The van der Waals surface area contributed by atoms with Gasteiger partial charge in [-0.25, -0.2) is 9.07 Å². The SMILES string of the molecule is CCN1C(=O)[C@@H](NC(=O)c2cccc(C(F)(F)F)c2)[C@@H](c2ccc(F)cc2)c2c(CN(C)C/C=C/C(=O)N(C)C)nn(-c3ccccc3)c21. The number of aromatic nitrogens is 2. The van der Waals surface area contributed by atoms with Crippen LogP contribution in [0.2, 0.25) is 0 Å². The highest BCUT2D eigenvalue weighted by atomic mass is 19.4. The summed E-state index contributed by atoms with van der Waals surface area (Å²) >= 11 is 0. The molecule has 3 aromatic carbocycles. The van der Waals surface area contributed by atoms with Gasteiger partial charge in [0.05, 0.1) is 16.9 Å². The number of benzene rings is 3. The number of carbonyl (C=O) groups excluding carboxylic acids is 3. The normalized spacial score (nSPS) is 16.3. The first-order valence-electron chi connectivity index (χ1n) is 15.6. The average Bonchev–Trinajstić information content (AvgIpc) is 3.43. The van der Waals surface area contributed by atoms with Crippen LogP contribution in [0.25, 0.3) is 5.69 Å². The summed E-state index contributed by atoms with van der Waals surface area (Å²) in [6.07, 6.45) is -1.49. The Bertz CT molecular complexity index is 1850. The zero-order valence-corrected chi connectivity index (χ0v) is 27.4. The number of hydrogen-bond acceptors (Lipinski definition) is 5. The van der Waals surface area contributed by atoms with Crippen molar-refractivity contribution < 1.29 is 31.9 Å². The van der Waals surface area contributed by atoms with Crippen LogP contribution in [0.15, 0.2) is 91.0 Å². The maximum atomic E-state index is 14.4. The third-order valence-corrected chi connectivity index (χ3v) is 8.23. The summed E-state index contributed by atoms with van der Waals surface area (Å²) in [6, 6.07) is 17.4. The third-order valence-electron chi connectivity index (χ3n) is 8.23. The molecule has 2 atom stereocenters. The molecule has 0 aliphatic carbocycles. The number of hydrogen-bond donors (Lipinski definition) is 1. The number of amides is 3. The van der Waals surface area contributed by atoms with Crippen LogP contribution >= 0.6 is 0 Å². The minimum atomic E-state index is -4.68. The summed E-state index contributed by atoms with van der Waals surface area (Å²) in [7, 11) is 5.14. The number of anilines is 1. The van der Waals surface area contributed by atoms with Gasteiger partial charge in [0.15, 0.2) is 0 Å². The van der Waals surface area contributed by atoms with Crippen LogP contribution in [0.5, 0.6) is 0 Å². The Morgan fingerprint density at radius 1 is 0.980 bits per heavy atom. The number of halogens is 4. The van der Waals surface area contributed by atoms with Crippen molar-refractivity contribution in [2.75, 3.05) is 39.1 Å². The Balaban J connectivity index is 1.65. The molecule has 3 amide bonds. The Labute approximate surface area is 281 Å². The van der Waals surface area contributed by atoms with Gasteiger partial charge in [-0.2, -0.15) is 18.3 Å². The van der Waals surface area contributed by atoms with Gasteiger partial charge in [-0.1, -0.05) is 42.5 Å². The Kier molecular flexibility index (Phi) is 10.3. The van der Waals surface area contributed by atoms with Crippen molar-refractivity contribution in [2.45, 2.75) is 31.6 Å². The second-order valence-corrected chi connectivity index (χ2v) is 11.9. The molecule has 4 aromatic rings. The standard InChI is InChI=1S/C36H36F4N6O3/c1-5-45-34-31(28(42-46(34)27-13-7-6-8-14-27)22-44(4)20-10-15-29(47)43(2)3)30(23-16-18-26(37)19-17-23)32(35(45)49)41-33(48)24-11-9-12-25(21-24)36(38,39)40/h6-19,21,30,32H,5,20,22H2,1-4H3,(H,41,48)/b15-10+/t30-,32-/m0/s1.